The molecule has 1 aromatic carbocycles. The molecule has 2 heteroatoms. The van der Waals surface area contributed by atoms with Gasteiger partial charge in [-0.1, -0.05) is 24.8 Å². The van der Waals surface area contributed by atoms with E-state index >= 15 is 0 Å². The summed E-state index contributed by atoms with van der Waals surface area (Å²) >= 11 is 0.500. The molecule has 3 rings (SSSR count). The van der Waals surface area contributed by atoms with Crippen molar-refractivity contribution in [2.75, 3.05) is 11.9 Å². The van der Waals surface area contributed by atoms with Crippen molar-refractivity contribution in [1.29, 1.82) is 0 Å². The Morgan fingerprint density at radius 2 is 1.73 bits per heavy atom. The van der Waals surface area contributed by atoms with Gasteiger partial charge in [-0.2, -0.15) is 0 Å². The van der Waals surface area contributed by atoms with Crippen molar-refractivity contribution in [2.45, 2.75) is 44.1 Å². The molecule has 1 aromatic rings. The Kier molecular flexibility index (Phi) is 5.89. The third kappa shape index (κ3) is 3.16. The second-order valence-corrected chi connectivity index (χ2v) is 7.66. The number of benzene rings is 1. The number of aryl methyl sites for hydroxylation is 1. The Morgan fingerprint density at radius 3 is 2.32 bits per heavy atom. The van der Waals surface area contributed by atoms with Gasteiger partial charge in [0.1, 0.15) is 0 Å². The zero-order valence-corrected chi connectivity index (χ0v) is 16.1. The number of nitrogens with one attached hydrogen (secondary N) is 1. The molecule has 116 valence electrons. The van der Waals surface area contributed by atoms with E-state index in [1.54, 1.807) is 0 Å². The first-order valence-corrected chi connectivity index (χ1v) is 11.2. The molecular formula is C20H27NTi. The quantitative estimate of drug-likeness (QED) is 0.634. The summed E-state index contributed by atoms with van der Waals surface area (Å²) in [5, 5.41) is 8.09. The number of rotatable bonds is 1. The molecule has 0 bridgehead atoms. The Labute approximate surface area is 144 Å². The summed E-state index contributed by atoms with van der Waals surface area (Å²) in [5.41, 5.74) is 10.7. The van der Waals surface area contributed by atoms with E-state index in [1.807, 2.05) is 0 Å². The number of allylic oxidation sites excluding steroid dienone is 5. The molecule has 22 heavy (non-hydrogen) atoms. The van der Waals surface area contributed by atoms with Crippen LogP contribution in [0.3, 0.4) is 0 Å². The zero-order chi connectivity index (χ0) is 16.3. The number of hydrogen-bond donors (Lipinski definition) is 1. The van der Waals surface area contributed by atoms with E-state index in [4.69, 9.17) is 0 Å². The van der Waals surface area contributed by atoms with Crippen molar-refractivity contribution in [1.82, 2.24) is 0 Å². The molecule has 0 saturated carbocycles. The molecule has 0 amide bonds. The zero-order valence-electron chi connectivity index (χ0n) is 14.6. The van der Waals surface area contributed by atoms with Gasteiger partial charge in [-0.15, -0.1) is 0 Å². The summed E-state index contributed by atoms with van der Waals surface area (Å²) < 4.78 is 0. The van der Waals surface area contributed by atoms with E-state index in [9.17, 15) is 0 Å². The van der Waals surface area contributed by atoms with E-state index < -0.39 is 0 Å². The summed E-state index contributed by atoms with van der Waals surface area (Å²) in [6, 6.07) is 6.65. The molecule has 0 aromatic heterocycles. The molecule has 1 aliphatic heterocycles. The average Bonchev–Trinajstić information content (AvgIpc) is 2.71. The molecule has 1 aliphatic carbocycles. The van der Waals surface area contributed by atoms with Crippen molar-refractivity contribution in [3.05, 3.63) is 58.2 Å². The average molecular weight is 329 g/mol. The van der Waals surface area contributed by atoms with Crippen molar-refractivity contribution in [3.8, 4) is 0 Å². The van der Waals surface area contributed by atoms with E-state index in [-0.39, 0.29) is 0 Å². The van der Waals surface area contributed by atoms with Crippen LogP contribution in [0.15, 0.2) is 47.1 Å². The monoisotopic (exact) mass is 329 g/mol. The Hall–Kier alpha value is -1.05. The summed E-state index contributed by atoms with van der Waals surface area (Å²) in [4.78, 5) is 0. The molecule has 0 atom stereocenters. The van der Waals surface area contributed by atoms with Gasteiger partial charge < -0.3 is 5.32 Å². The fourth-order valence-corrected chi connectivity index (χ4v) is 3.19. The van der Waals surface area contributed by atoms with Crippen LogP contribution in [0.4, 0.5) is 5.69 Å². The fraction of sp³-hybridized carbons (Fsp3) is 0.400. The number of fused-ring (bicyclic) bond motifs is 1. The van der Waals surface area contributed by atoms with Crippen LogP contribution in [0.5, 0.6) is 0 Å². The molecule has 0 radical (unpaired) electrons. The normalized spacial score (nSPS) is 16.9. The van der Waals surface area contributed by atoms with Crippen LogP contribution in [0.2, 0.25) is 10.5 Å². The van der Waals surface area contributed by atoms with Crippen LogP contribution in [0.1, 0.15) is 38.3 Å². The summed E-state index contributed by atoms with van der Waals surface area (Å²) in [7, 11) is 0. The predicted molar refractivity (Wildman–Crippen MR) is 95.1 cm³/mol. The van der Waals surface area contributed by atoms with Gasteiger partial charge in [0, 0.05) is 17.8 Å². The molecular weight excluding hydrogens is 302 g/mol. The second kappa shape index (κ2) is 7.48. The number of para-hydroxylation sites is 1. The molecule has 1 heterocycles. The van der Waals surface area contributed by atoms with E-state index in [2.05, 4.69) is 61.3 Å². The van der Waals surface area contributed by atoms with Gasteiger partial charge in [-0.3, -0.25) is 0 Å². The van der Waals surface area contributed by atoms with Gasteiger partial charge in [0.05, 0.1) is 0 Å². The summed E-state index contributed by atoms with van der Waals surface area (Å²) in [5.74, 6) is 0. The minimum absolute atomic E-state index is 0.500. The van der Waals surface area contributed by atoms with Crippen LogP contribution < -0.4 is 5.32 Å². The van der Waals surface area contributed by atoms with Crippen molar-refractivity contribution >= 4 is 11.3 Å². The predicted octanol–water partition coefficient (Wildman–Crippen LogP) is 5.89. The van der Waals surface area contributed by atoms with Crippen LogP contribution in [-0.2, 0) is 25.6 Å². The number of anilines is 1. The molecule has 1 N–H and O–H groups in total. The van der Waals surface area contributed by atoms with Crippen LogP contribution >= 0.6 is 0 Å². The van der Waals surface area contributed by atoms with Gasteiger partial charge >= 0.3 is 29.6 Å². The van der Waals surface area contributed by atoms with Gasteiger partial charge in [-0.05, 0) is 67.0 Å². The Balaban J connectivity index is 0.000000545. The summed E-state index contributed by atoms with van der Waals surface area (Å²) in [6.07, 6.45) is 2.41. The maximum atomic E-state index is 4.30. The van der Waals surface area contributed by atoms with Crippen LogP contribution in [0.25, 0.3) is 5.57 Å². The SMILES string of the molecule is C=C1C(C)=C(C)C(C)=C1c1cccc2c1NCCC2.[CH3][Ti][CH3]. The molecule has 1 nitrogen and oxygen atoms in total. The molecule has 0 fully saturated rings. The van der Waals surface area contributed by atoms with Gasteiger partial charge in [0.15, 0.2) is 0 Å². The van der Waals surface area contributed by atoms with Crippen molar-refractivity contribution in [2.24, 2.45) is 0 Å². The van der Waals surface area contributed by atoms with E-state index in [1.165, 1.54) is 57.5 Å². The summed E-state index contributed by atoms with van der Waals surface area (Å²) in [6.45, 7) is 12.0. The maximum absolute atomic E-state index is 4.30. The third-order valence-corrected chi connectivity index (χ3v) is 4.60. The van der Waals surface area contributed by atoms with E-state index in [0.29, 0.717) is 19.2 Å². The third-order valence-electron chi connectivity index (χ3n) is 4.60. The molecule has 0 saturated heterocycles. The Morgan fingerprint density at radius 1 is 1.05 bits per heavy atom. The first-order valence-electron chi connectivity index (χ1n) is 8.05. The van der Waals surface area contributed by atoms with Crippen LogP contribution in [0, 0.1) is 0 Å². The van der Waals surface area contributed by atoms with E-state index in [0.717, 1.165) is 6.54 Å². The number of hydrogen-bond acceptors (Lipinski definition) is 1. The standard InChI is InChI=1S/C18H21N.2CH3.Ti/c1-11-12(2)14(4)17(13(11)3)16-9-5-7-15-8-6-10-19-18(15)16;;;/h5,7,9,19H,3,6,8,10H2,1-2,4H3;2*1H3;. The Bertz CT molecular complexity index is 650. The minimum atomic E-state index is 0.500. The molecule has 2 aliphatic rings. The first kappa shape index (κ1) is 17.3. The molecule has 0 unspecified atom stereocenters. The van der Waals surface area contributed by atoms with Crippen molar-refractivity contribution in [3.63, 3.8) is 0 Å². The van der Waals surface area contributed by atoms with Gasteiger partial charge in [-0.25, -0.2) is 0 Å². The second-order valence-electron chi connectivity index (χ2n) is 6.10. The van der Waals surface area contributed by atoms with Gasteiger partial charge in [0.25, 0.3) is 0 Å². The van der Waals surface area contributed by atoms with Crippen LogP contribution in [-0.4, -0.2) is 6.54 Å². The fourth-order valence-electron chi connectivity index (χ4n) is 3.19. The first-order chi connectivity index (χ1) is 10.5. The molecule has 0 spiro atoms. The van der Waals surface area contributed by atoms with Crippen molar-refractivity contribution < 1.29 is 19.2 Å². The van der Waals surface area contributed by atoms with Gasteiger partial charge in [0.2, 0.25) is 0 Å². The topological polar surface area (TPSA) is 12.0 Å².